The molecule has 1 N–H and O–H groups in total. The van der Waals surface area contributed by atoms with Crippen molar-refractivity contribution in [1.29, 1.82) is 0 Å². The number of furan rings is 1. The maximum atomic E-state index is 11.9. The average molecular weight is 223 g/mol. The first-order valence-electron chi connectivity index (χ1n) is 6.07. The first-order valence-corrected chi connectivity index (χ1v) is 6.07. The molecule has 1 rings (SSSR count). The van der Waals surface area contributed by atoms with Gasteiger partial charge in [0.2, 0.25) is 0 Å². The van der Waals surface area contributed by atoms with Gasteiger partial charge in [0.05, 0.1) is 11.8 Å². The Morgan fingerprint density at radius 3 is 2.62 bits per heavy atom. The van der Waals surface area contributed by atoms with Crippen molar-refractivity contribution in [3.8, 4) is 0 Å². The summed E-state index contributed by atoms with van der Waals surface area (Å²) in [5, 5.41) is 2.96. The number of aryl methyl sites for hydroxylation is 1. The Kier molecular flexibility index (Phi) is 5.09. The smallest absolute Gasteiger partial charge is 0.254 e. The van der Waals surface area contributed by atoms with Crippen LogP contribution in [0.25, 0.3) is 0 Å². The lowest BCUT2D eigenvalue weighted by Gasteiger charge is -2.12. The molecule has 3 heteroatoms. The van der Waals surface area contributed by atoms with Crippen molar-refractivity contribution in [3.05, 3.63) is 23.7 Å². The van der Waals surface area contributed by atoms with Crippen molar-refractivity contribution >= 4 is 5.91 Å². The van der Waals surface area contributed by atoms with E-state index < -0.39 is 0 Å². The van der Waals surface area contributed by atoms with Gasteiger partial charge in [-0.1, -0.05) is 33.6 Å². The van der Waals surface area contributed by atoms with E-state index in [4.69, 9.17) is 4.42 Å². The second kappa shape index (κ2) is 6.36. The molecule has 0 fully saturated rings. The Bertz CT molecular complexity index is 326. The highest BCUT2D eigenvalue weighted by atomic mass is 16.3. The van der Waals surface area contributed by atoms with Crippen molar-refractivity contribution in [2.75, 3.05) is 6.54 Å². The fourth-order valence-electron chi connectivity index (χ4n) is 1.73. The quantitative estimate of drug-likeness (QED) is 0.805. The summed E-state index contributed by atoms with van der Waals surface area (Å²) in [6.45, 7) is 7.03. The Balaban J connectivity index is 2.52. The van der Waals surface area contributed by atoms with Crippen LogP contribution in [0, 0.1) is 5.92 Å². The minimum atomic E-state index is -0.0162. The zero-order chi connectivity index (χ0) is 12.0. The van der Waals surface area contributed by atoms with Crippen LogP contribution in [0.5, 0.6) is 0 Å². The zero-order valence-electron chi connectivity index (χ0n) is 10.4. The number of hydrogen-bond acceptors (Lipinski definition) is 2. The molecule has 1 amide bonds. The van der Waals surface area contributed by atoms with E-state index >= 15 is 0 Å². The summed E-state index contributed by atoms with van der Waals surface area (Å²) in [5.41, 5.74) is 0.674. The number of carbonyl (C=O) groups excluding carboxylic acids is 1. The van der Waals surface area contributed by atoms with Crippen LogP contribution >= 0.6 is 0 Å². The Morgan fingerprint density at radius 1 is 1.38 bits per heavy atom. The maximum Gasteiger partial charge on any atom is 0.254 e. The highest BCUT2D eigenvalue weighted by Gasteiger charge is 2.13. The number of carbonyl (C=O) groups is 1. The van der Waals surface area contributed by atoms with E-state index in [0.717, 1.165) is 31.6 Å². The predicted molar refractivity (Wildman–Crippen MR) is 64.5 cm³/mol. The highest BCUT2D eigenvalue weighted by Crippen LogP contribution is 2.11. The lowest BCUT2D eigenvalue weighted by molar-refractivity contribution is 0.0944. The van der Waals surface area contributed by atoms with Crippen molar-refractivity contribution in [2.45, 2.75) is 40.0 Å². The van der Waals surface area contributed by atoms with E-state index in [1.807, 2.05) is 6.92 Å². The summed E-state index contributed by atoms with van der Waals surface area (Å²) in [6, 6.07) is 1.74. The number of rotatable bonds is 6. The molecular formula is C13H21NO2. The molecule has 1 aromatic rings. The lowest BCUT2D eigenvalue weighted by Crippen LogP contribution is -2.29. The topological polar surface area (TPSA) is 42.2 Å². The molecule has 3 nitrogen and oxygen atoms in total. The van der Waals surface area contributed by atoms with Gasteiger partial charge in [-0.2, -0.15) is 0 Å². The second-order valence-corrected chi connectivity index (χ2v) is 4.00. The third kappa shape index (κ3) is 3.12. The SMILES string of the molecule is CCc1occc1C(=O)NCC(CC)CC. The van der Waals surface area contributed by atoms with Crippen LogP contribution < -0.4 is 5.32 Å². The van der Waals surface area contributed by atoms with Crippen LogP contribution in [0.3, 0.4) is 0 Å². The third-order valence-corrected chi connectivity index (χ3v) is 3.02. The van der Waals surface area contributed by atoms with Gasteiger partial charge in [0, 0.05) is 13.0 Å². The molecule has 0 aliphatic rings. The summed E-state index contributed by atoms with van der Waals surface area (Å²) in [4.78, 5) is 11.9. The summed E-state index contributed by atoms with van der Waals surface area (Å²) in [7, 11) is 0. The van der Waals surface area contributed by atoms with Crippen molar-refractivity contribution in [3.63, 3.8) is 0 Å². The molecule has 0 saturated carbocycles. The maximum absolute atomic E-state index is 11.9. The molecule has 16 heavy (non-hydrogen) atoms. The molecule has 1 aromatic heterocycles. The van der Waals surface area contributed by atoms with Gasteiger partial charge in [-0.3, -0.25) is 4.79 Å². The average Bonchev–Trinajstić information content (AvgIpc) is 2.78. The van der Waals surface area contributed by atoms with E-state index in [9.17, 15) is 4.79 Å². The minimum absolute atomic E-state index is 0.0162. The molecule has 0 bridgehead atoms. The molecule has 0 saturated heterocycles. The summed E-state index contributed by atoms with van der Waals surface area (Å²) < 4.78 is 5.23. The molecular weight excluding hydrogens is 202 g/mol. The van der Waals surface area contributed by atoms with E-state index in [1.54, 1.807) is 12.3 Å². The highest BCUT2D eigenvalue weighted by molar-refractivity contribution is 5.95. The monoisotopic (exact) mass is 223 g/mol. The van der Waals surface area contributed by atoms with Gasteiger partial charge in [0.25, 0.3) is 5.91 Å². The molecule has 0 atom stereocenters. The number of nitrogens with one attached hydrogen (secondary N) is 1. The summed E-state index contributed by atoms with van der Waals surface area (Å²) in [6.07, 6.45) is 4.53. The first kappa shape index (κ1) is 12.8. The number of amides is 1. The van der Waals surface area contributed by atoms with Crippen molar-refractivity contribution in [2.24, 2.45) is 5.92 Å². The second-order valence-electron chi connectivity index (χ2n) is 4.00. The normalized spacial score (nSPS) is 10.8. The summed E-state index contributed by atoms with van der Waals surface area (Å²) in [5.74, 6) is 1.32. The van der Waals surface area contributed by atoms with Crippen LogP contribution in [0.2, 0.25) is 0 Å². The Labute approximate surface area is 97.2 Å². The van der Waals surface area contributed by atoms with Crippen LogP contribution in [0.15, 0.2) is 16.7 Å². The molecule has 0 spiro atoms. The third-order valence-electron chi connectivity index (χ3n) is 3.02. The fourth-order valence-corrected chi connectivity index (χ4v) is 1.73. The van der Waals surface area contributed by atoms with Gasteiger partial charge < -0.3 is 9.73 Å². The van der Waals surface area contributed by atoms with E-state index in [0.29, 0.717) is 11.5 Å². The van der Waals surface area contributed by atoms with Crippen molar-refractivity contribution in [1.82, 2.24) is 5.32 Å². The van der Waals surface area contributed by atoms with Gasteiger partial charge in [-0.15, -0.1) is 0 Å². The van der Waals surface area contributed by atoms with Gasteiger partial charge in [-0.05, 0) is 12.0 Å². The molecule has 90 valence electrons. The summed E-state index contributed by atoms with van der Waals surface area (Å²) >= 11 is 0. The van der Waals surface area contributed by atoms with Gasteiger partial charge in [0.1, 0.15) is 5.76 Å². The molecule has 1 heterocycles. The van der Waals surface area contributed by atoms with Gasteiger partial charge in [0.15, 0.2) is 0 Å². The molecule has 0 aliphatic heterocycles. The fraction of sp³-hybridized carbons (Fsp3) is 0.615. The van der Waals surface area contributed by atoms with Gasteiger partial charge >= 0.3 is 0 Å². The van der Waals surface area contributed by atoms with Crippen molar-refractivity contribution < 1.29 is 9.21 Å². The zero-order valence-corrected chi connectivity index (χ0v) is 10.4. The predicted octanol–water partition coefficient (Wildman–Crippen LogP) is 3.01. The Morgan fingerprint density at radius 2 is 2.06 bits per heavy atom. The molecule has 0 aromatic carbocycles. The first-order chi connectivity index (χ1) is 7.72. The number of hydrogen-bond donors (Lipinski definition) is 1. The van der Waals surface area contributed by atoms with Gasteiger partial charge in [-0.25, -0.2) is 0 Å². The largest absolute Gasteiger partial charge is 0.469 e. The molecule has 0 aliphatic carbocycles. The van der Waals surface area contributed by atoms with Crippen LogP contribution in [0.1, 0.15) is 49.7 Å². The standard InChI is InChI=1S/C13H21NO2/c1-4-10(5-2)9-14-13(15)11-7-8-16-12(11)6-3/h7-8,10H,4-6,9H2,1-3H3,(H,14,15). The minimum Gasteiger partial charge on any atom is -0.469 e. The van der Waals surface area contributed by atoms with E-state index in [1.165, 1.54) is 0 Å². The lowest BCUT2D eigenvalue weighted by atomic mass is 10.0. The van der Waals surface area contributed by atoms with E-state index in [2.05, 4.69) is 19.2 Å². The van der Waals surface area contributed by atoms with E-state index in [-0.39, 0.29) is 5.91 Å². The Hall–Kier alpha value is -1.25. The van der Waals surface area contributed by atoms with Crippen LogP contribution in [-0.2, 0) is 6.42 Å². The van der Waals surface area contributed by atoms with Crippen LogP contribution in [-0.4, -0.2) is 12.5 Å². The molecule has 0 unspecified atom stereocenters. The molecule has 0 radical (unpaired) electrons. The van der Waals surface area contributed by atoms with Crippen LogP contribution in [0.4, 0.5) is 0 Å².